The molecule has 15 heteroatoms. The molecule has 0 saturated heterocycles. The predicted octanol–water partition coefficient (Wildman–Crippen LogP) is -1.38. The first kappa shape index (κ1) is 30.8. The number of nitrogens with zero attached hydrogens (tertiary/aromatic N) is 1. The first-order valence-electron chi connectivity index (χ1n) is 11.9. The number of hydrogen-bond acceptors (Lipinski definition) is 10. The Balaban J connectivity index is 1.75. The fraction of sp³-hybridized carbons (Fsp3) is 0.522. The van der Waals surface area contributed by atoms with Gasteiger partial charge in [0.05, 0.1) is 43.3 Å². The molecule has 1 aromatic carbocycles. The fourth-order valence-corrected chi connectivity index (χ4v) is 4.06. The van der Waals surface area contributed by atoms with Crippen molar-refractivity contribution in [1.29, 1.82) is 0 Å². The predicted molar refractivity (Wildman–Crippen MR) is 136 cm³/mol. The highest BCUT2D eigenvalue weighted by molar-refractivity contribution is 7.89. The van der Waals surface area contributed by atoms with Gasteiger partial charge in [-0.2, -0.15) is 0 Å². The minimum Gasteiger partial charge on any atom is -0.382 e. The number of nitrogens with one attached hydrogen (secondary N) is 3. The maximum Gasteiger partial charge on any atom is 0.264 e. The maximum absolute atomic E-state index is 13.1. The lowest BCUT2D eigenvalue weighted by molar-refractivity contribution is -0.125. The number of fused-ring (bicyclic) bond motifs is 1. The zero-order valence-electron chi connectivity index (χ0n) is 21.1. The van der Waals surface area contributed by atoms with Crippen molar-refractivity contribution in [2.45, 2.75) is 25.3 Å². The second-order valence-electron chi connectivity index (χ2n) is 8.20. The molecule has 1 aliphatic rings. The van der Waals surface area contributed by atoms with Gasteiger partial charge in [-0.25, -0.2) is 13.6 Å². The highest BCUT2D eigenvalue weighted by atomic mass is 32.2. The van der Waals surface area contributed by atoms with Crippen LogP contribution >= 0.6 is 0 Å². The number of nitrogens with two attached hydrogens (primary N) is 1. The summed E-state index contributed by atoms with van der Waals surface area (Å²) in [6.45, 7) is 1.12. The summed E-state index contributed by atoms with van der Waals surface area (Å²) in [5.41, 5.74) is 0.744. The molecule has 0 aliphatic carbocycles. The number of sulfonamides is 1. The van der Waals surface area contributed by atoms with Crippen molar-refractivity contribution < 1.29 is 41.9 Å². The highest BCUT2D eigenvalue weighted by Gasteiger charge is 2.43. The number of benzene rings is 1. The Morgan fingerprint density at radius 2 is 1.79 bits per heavy atom. The van der Waals surface area contributed by atoms with Crippen LogP contribution in [0.2, 0.25) is 0 Å². The molecule has 2 rings (SSSR count). The Labute approximate surface area is 220 Å². The van der Waals surface area contributed by atoms with Gasteiger partial charge in [0.15, 0.2) is 0 Å². The molecule has 1 atom stereocenters. The van der Waals surface area contributed by atoms with Gasteiger partial charge < -0.3 is 30.2 Å². The van der Waals surface area contributed by atoms with Crippen LogP contribution in [-0.2, 0) is 33.9 Å². The summed E-state index contributed by atoms with van der Waals surface area (Å²) in [4.78, 5) is 61.7. The zero-order chi connectivity index (χ0) is 28.1. The van der Waals surface area contributed by atoms with E-state index in [1.807, 2.05) is 0 Å². The maximum atomic E-state index is 13.1. The number of amides is 4. The first-order valence-corrected chi connectivity index (χ1v) is 13.6. The average Bonchev–Trinajstić information content (AvgIpc) is 3.12. The number of primary sulfonamides is 1. The van der Waals surface area contributed by atoms with Gasteiger partial charge in [0, 0.05) is 38.7 Å². The van der Waals surface area contributed by atoms with Crippen LogP contribution in [0.5, 0.6) is 0 Å². The van der Waals surface area contributed by atoms with Gasteiger partial charge in [-0.1, -0.05) is 6.07 Å². The van der Waals surface area contributed by atoms with Crippen LogP contribution in [0.1, 0.15) is 40.0 Å². The van der Waals surface area contributed by atoms with Gasteiger partial charge >= 0.3 is 0 Å². The minimum atomic E-state index is -3.63. The molecule has 1 aliphatic heterocycles. The Bertz CT molecular complexity index is 1130. The van der Waals surface area contributed by atoms with Crippen molar-refractivity contribution in [3.63, 3.8) is 0 Å². The fourth-order valence-electron chi connectivity index (χ4n) is 3.67. The molecule has 0 spiro atoms. The van der Waals surface area contributed by atoms with Gasteiger partial charge in [0.2, 0.25) is 21.8 Å². The van der Waals surface area contributed by atoms with Crippen molar-refractivity contribution in [1.82, 2.24) is 15.5 Å². The number of hydrogen-bond donors (Lipinski definition) is 4. The summed E-state index contributed by atoms with van der Waals surface area (Å²) in [6.07, 6.45) is 0.734. The van der Waals surface area contributed by atoms with Crippen molar-refractivity contribution >= 4 is 45.6 Å². The number of carbonyl (C=O) groups excluding carboxylic acids is 5. The van der Waals surface area contributed by atoms with E-state index < -0.39 is 33.8 Å². The molecule has 14 nitrogen and oxygen atoms in total. The monoisotopic (exact) mass is 555 g/mol. The van der Waals surface area contributed by atoms with Crippen LogP contribution in [0.25, 0.3) is 0 Å². The molecular weight excluding hydrogens is 522 g/mol. The summed E-state index contributed by atoms with van der Waals surface area (Å²) >= 11 is 0. The van der Waals surface area contributed by atoms with Crippen LogP contribution in [0.3, 0.4) is 0 Å². The van der Waals surface area contributed by atoms with Crippen LogP contribution in [0.4, 0.5) is 5.69 Å². The second-order valence-corrected chi connectivity index (χ2v) is 9.93. The number of anilines is 1. The summed E-state index contributed by atoms with van der Waals surface area (Å²) in [5, 5.41) is 12.8. The van der Waals surface area contributed by atoms with E-state index in [-0.39, 0.29) is 75.0 Å². The Hall–Kier alpha value is -3.40. The summed E-state index contributed by atoms with van der Waals surface area (Å²) in [6, 6.07) is 3.68. The number of imide groups is 1. The number of rotatable bonds is 18. The van der Waals surface area contributed by atoms with E-state index in [2.05, 4.69) is 16.0 Å². The van der Waals surface area contributed by atoms with Crippen LogP contribution in [0, 0.1) is 0 Å². The first-order chi connectivity index (χ1) is 18.1. The molecule has 0 bridgehead atoms. The molecule has 38 heavy (non-hydrogen) atoms. The lowest BCUT2D eigenvalue weighted by Gasteiger charge is -2.24. The lowest BCUT2D eigenvalue weighted by atomic mass is 10.1. The molecule has 0 aromatic heterocycles. The standard InChI is InChI=1S/C23H33N5O9S/c1-25-21(31)18(6-3-10-29)28-22(32)16-4-2-5-17(20(16)23(28)33)26-8-12-37-14-13-36-11-7-19(30)27-9-15-38(24,34)35/h2,4-5,10,18,26H,3,6-9,11-15H2,1H3,(H,25,31)(H,27,30)(H2,24,34,35). The number of ether oxygens (including phenoxy) is 2. The van der Waals surface area contributed by atoms with Gasteiger partial charge in [-0.15, -0.1) is 0 Å². The molecular formula is C23H33N5O9S. The summed E-state index contributed by atoms with van der Waals surface area (Å²) in [7, 11) is -2.23. The molecule has 1 aromatic rings. The summed E-state index contributed by atoms with van der Waals surface area (Å²) < 4.78 is 32.4. The lowest BCUT2D eigenvalue weighted by Crippen LogP contribution is -2.48. The molecule has 0 fully saturated rings. The third kappa shape index (κ3) is 9.16. The number of aldehydes is 1. The van der Waals surface area contributed by atoms with Crippen molar-refractivity contribution in [3.8, 4) is 0 Å². The molecule has 1 heterocycles. The SMILES string of the molecule is CNC(=O)C(CCC=O)N1C(=O)c2cccc(NCCOCCOCCC(=O)NCCS(N)(=O)=O)c2C1=O. The Morgan fingerprint density at radius 1 is 1.08 bits per heavy atom. The van der Waals surface area contributed by atoms with Crippen molar-refractivity contribution in [2.24, 2.45) is 5.14 Å². The smallest absolute Gasteiger partial charge is 0.264 e. The molecule has 5 N–H and O–H groups in total. The van der Waals surface area contributed by atoms with Crippen LogP contribution in [-0.4, -0.2) is 102 Å². The quantitative estimate of drug-likeness (QED) is 0.0949. The van der Waals surface area contributed by atoms with Crippen molar-refractivity contribution in [3.05, 3.63) is 29.3 Å². The largest absolute Gasteiger partial charge is 0.382 e. The van der Waals surface area contributed by atoms with Gasteiger partial charge in [-0.05, 0) is 18.6 Å². The highest BCUT2D eigenvalue weighted by Crippen LogP contribution is 2.31. The van der Waals surface area contributed by atoms with Gasteiger partial charge in [0.1, 0.15) is 12.3 Å². The number of carbonyl (C=O) groups is 5. The van der Waals surface area contributed by atoms with E-state index in [1.54, 1.807) is 12.1 Å². The third-order valence-electron chi connectivity index (χ3n) is 5.48. The molecule has 210 valence electrons. The Morgan fingerprint density at radius 3 is 2.45 bits per heavy atom. The molecule has 0 radical (unpaired) electrons. The van der Waals surface area contributed by atoms with E-state index in [0.29, 0.717) is 18.5 Å². The normalized spacial score (nSPS) is 13.7. The van der Waals surface area contributed by atoms with Crippen LogP contribution in [0.15, 0.2) is 18.2 Å². The topological polar surface area (TPSA) is 203 Å². The van der Waals surface area contributed by atoms with E-state index in [4.69, 9.17) is 14.6 Å². The third-order valence-corrected chi connectivity index (χ3v) is 6.25. The number of likely N-dealkylation sites (N-methyl/N-ethyl adjacent to an activating group) is 1. The van der Waals surface area contributed by atoms with Gasteiger partial charge in [0.25, 0.3) is 11.8 Å². The zero-order valence-corrected chi connectivity index (χ0v) is 21.9. The molecule has 4 amide bonds. The Kier molecular flexibility index (Phi) is 12.3. The van der Waals surface area contributed by atoms with Crippen LogP contribution < -0.4 is 21.1 Å². The van der Waals surface area contributed by atoms with Crippen molar-refractivity contribution in [2.75, 3.05) is 57.6 Å². The summed E-state index contributed by atoms with van der Waals surface area (Å²) in [5.74, 6) is -2.44. The van der Waals surface area contributed by atoms with E-state index in [0.717, 1.165) is 4.90 Å². The van der Waals surface area contributed by atoms with Gasteiger partial charge in [-0.3, -0.25) is 24.1 Å². The minimum absolute atomic E-state index is 0.0199. The van der Waals surface area contributed by atoms with E-state index in [9.17, 15) is 32.4 Å². The van der Waals surface area contributed by atoms with E-state index in [1.165, 1.54) is 13.1 Å². The average molecular weight is 556 g/mol. The second kappa shape index (κ2) is 15.1. The molecule has 0 saturated carbocycles. The molecule has 1 unspecified atom stereocenters. The van der Waals surface area contributed by atoms with E-state index >= 15 is 0 Å².